The topological polar surface area (TPSA) is 217 Å². The Kier molecular flexibility index (Phi) is 14.5. The summed E-state index contributed by atoms with van der Waals surface area (Å²) in [5, 5.41) is 47.8. The average molecular weight is 947 g/mol. The molecule has 67 heavy (non-hydrogen) atoms. The number of hydrogen-bond donors (Lipinski definition) is 4. The molecule has 10 unspecified atom stereocenters. The number of phenols is 1. The fraction of sp³-hybridized carbons (Fsp3) is 0.800. The maximum atomic E-state index is 13.7. The summed E-state index contributed by atoms with van der Waals surface area (Å²) in [6.45, 7) is 10.7. The standard InChI is InChI=1S/C50H74O17/c1-26-42(60-10)34(57-7)22-40(61-26)66-44-28(3)63-41(24-36(44)59-9)67-43-27(2)62-39(23-35(43)58-8)64-33-16-17-46(5)31(21-33)15-18-49(55)37(46)25-38(65-45(53)30-11-13-32(52)14-12-30)47(6)48(54,29(4)51)19-20-50(47,49)56/h11-15,26-28,33-44,52,54-56H,16-25H2,1-10H3/t26-,27?,28-,33+,34?,35?,36+,37?,38-,39?,40?,41?,42?,43?,44-,46+,47-,48-,49+,50?/m1/s1. The van der Waals surface area contributed by atoms with Crippen LogP contribution in [0.5, 0.6) is 5.75 Å². The zero-order chi connectivity index (χ0) is 48.4. The van der Waals surface area contributed by atoms with Crippen LogP contribution in [0.4, 0.5) is 0 Å². The highest BCUT2D eigenvalue weighted by Crippen LogP contribution is 2.71. The van der Waals surface area contributed by atoms with E-state index < -0.39 is 94.7 Å². The van der Waals surface area contributed by atoms with Crippen molar-refractivity contribution < 1.29 is 82.1 Å². The van der Waals surface area contributed by atoms with E-state index in [0.717, 1.165) is 5.57 Å². The van der Waals surface area contributed by atoms with E-state index in [1.807, 2.05) is 26.8 Å². The van der Waals surface area contributed by atoms with Crippen LogP contribution in [0, 0.1) is 16.7 Å². The van der Waals surface area contributed by atoms with Gasteiger partial charge in [0.15, 0.2) is 24.7 Å². The van der Waals surface area contributed by atoms with Crippen molar-refractivity contribution in [3.05, 3.63) is 41.5 Å². The molecule has 4 aliphatic carbocycles. The number of esters is 1. The fourth-order valence-corrected chi connectivity index (χ4v) is 13.5. The Hall–Kier alpha value is -2.62. The number of hydrogen-bond acceptors (Lipinski definition) is 17. The van der Waals surface area contributed by atoms with Crippen LogP contribution >= 0.6 is 0 Å². The number of Topliss-reactive ketones (excluding diaryl/α,β-unsaturated/α-hetero) is 1. The van der Waals surface area contributed by atoms with Gasteiger partial charge in [-0.15, -0.1) is 0 Å². The van der Waals surface area contributed by atoms with Crippen molar-refractivity contribution in [3.63, 3.8) is 0 Å². The predicted octanol–water partition coefficient (Wildman–Crippen LogP) is 4.66. The summed E-state index contributed by atoms with van der Waals surface area (Å²) in [5.41, 5.74) is -6.98. The Labute approximate surface area is 394 Å². The highest BCUT2D eigenvalue weighted by molar-refractivity contribution is 5.90. The number of aromatic hydroxyl groups is 1. The highest BCUT2D eigenvalue weighted by atomic mass is 16.7. The molecule has 17 heteroatoms. The van der Waals surface area contributed by atoms with E-state index >= 15 is 0 Å². The number of aliphatic hydroxyl groups is 3. The SMILES string of the molecule is COC1CC(O[C@H]2CC[C@@]3(C)C(=CC[C@]4(O)C3C[C@@H](OC(=O)c3ccc(O)cc3)[C@@]3(C)C4(O)CC[C@@]3(O)C(C)=O)C2)OC(C)C1OC1C[C@H](OC)[C@H](OC2CC(OC)C(OC)[C@@H](C)O2)[C@@H](C)O1. The van der Waals surface area contributed by atoms with Crippen LogP contribution in [-0.4, -0.2) is 163 Å². The van der Waals surface area contributed by atoms with Crippen molar-refractivity contribution in [2.75, 3.05) is 28.4 Å². The van der Waals surface area contributed by atoms with E-state index in [1.165, 1.54) is 31.2 Å². The molecule has 0 spiro atoms. The summed E-state index contributed by atoms with van der Waals surface area (Å²) in [6.07, 6.45) is -1.17. The average Bonchev–Trinajstić information content (AvgIpc) is 3.53. The molecular formula is C50H74O17. The Balaban J connectivity index is 0.922. The number of ether oxygens (including phenoxy) is 11. The van der Waals surface area contributed by atoms with Gasteiger partial charge in [-0.3, -0.25) is 4.79 Å². The molecule has 1 aromatic rings. The molecule has 376 valence electrons. The zero-order valence-corrected chi connectivity index (χ0v) is 40.7. The van der Waals surface area contributed by atoms with E-state index in [-0.39, 0.29) is 73.6 Å². The van der Waals surface area contributed by atoms with E-state index in [0.29, 0.717) is 38.5 Å². The van der Waals surface area contributed by atoms with Gasteiger partial charge in [0, 0.05) is 53.6 Å². The molecule has 0 amide bonds. The zero-order valence-electron chi connectivity index (χ0n) is 40.7. The number of fused-ring (bicyclic) bond motifs is 5. The van der Waals surface area contributed by atoms with Crippen molar-refractivity contribution in [1.29, 1.82) is 0 Å². The van der Waals surface area contributed by atoms with Crippen molar-refractivity contribution in [2.45, 2.75) is 209 Å². The molecule has 3 saturated heterocycles. The first kappa shape index (κ1) is 50.8. The smallest absolute Gasteiger partial charge is 0.338 e. The maximum absolute atomic E-state index is 13.7. The van der Waals surface area contributed by atoms with Crippen LogP contribution in [0.3, 0.4) is 0 Å². The van der Waals surface area contributed by atoms with Gasteiger partial charge in [-0.05, 0) is 109 Å². The van der Waals surface area contributed by atoms with Crippen molar-refractivity contribution in [3.8, 4) is 5.75 Å². The van der Waals surface area contributed by atoms with Gasteiger partial charge in [0.1, 0.15) is 47.0 Å². The van der Waals surface area contributed by atoms with Gasteiger partial charge in [-0.2, -0.15) is 0 Å². The summed E-state index contributed by atoms with van der Waals surface area (Å²) >= 11 is 0. The minimum atomic E-state index is -2.07. The Morgan fingerprint density at radius 3 is 1.73 bits per heavy atom. The van der Waals surface area contributed by atoms with Gasteiger partial charge in [0.05, 0.1) is 53.7 Å². The number of ketones is 1. The third kappa shape index (κ3) is 8.52. The van der Waals surface area contributed by atoms with Gasteiger partial charge in [-0.1, -0.05) is 18.6 Å². The fourth-order valence-electron chi connectivity index (χ4n) is 13.5. The molecule has 3 heterocycles. The Bertz CT molecular complexity index is 1970. The van der Waals surface area contributed by atoms with Crippen LogP contribution < -0.4 is 0 Å². The van der Waals surface area contributed by atoms with Crippen molar-refractivity contribution in [2.24, 2.45) is 16.7 Å². The normalized spacial score (nSPS) is 47.5. The second-order valence-corrected chi connectivity index (χ2v) is 20.7. The first-order valence-corrected chi connectivity index (χ1v) is 24.1. The van der Waals surface area contributed by atoms with Crippen molar-refractivity contribution in [1.82, 2.24) is 0 Å². The largest absolute Gasteiger partial charge is 0.508 e. The molecule has 7 aliphatic rings. The maximum Gasteiger partial charge on any atom is 0.338 e. The quantitative estimate of drug-likeness (QED) is 0.156. The lowest BCUT2D eigenvalue weighted by Gasteiger charge is -2.67. The lowest BCUT2D eigenvalue weighted by molar-refractivity contribution is -0.339. The lowest BCUT2D eigenvalue weighted by atomic mass is 9.42. The summed E-state index contributed by atoms with van der Waals surface area (Å²) in [5.74, 6) is -1.92. The van der Waals surface area contributed by atoms with Crippen LogP contribution in [-0.2, 0) is 56.9 Å². The number of methoxy groups -OCH3 is 4. The molecule has 6 fully saturated rings. The van der Waals surface area contributed by atoms with Crippen LogP contribution in [0.25, 0.3) is 0 Å². The van der Waals surface area contributed by atoms with Gasteiger partial charge in [0.2, 0.25) is 0 Å². The van der Waals surface area contributed by atoms with Gasteiger partial charge < -0.3 is 72.5 Å². The monoisotopic (exact) mass is 946 g/mol. The summed E-state index contributed by atoms with van der Waals surface area (Å²) in [4.78, 5) is 27.0. The summed E-state index contributed by atoms with van der Waals surface area (Å²) < 4.78 is 68.4. The minimum absolute atomic E-state index is 0.0248. The number of phenolic OH excluding ortho intramolecular Hbond substituents is 1. The molecule has 0 bridgehead atoms. The number of carbonyl (C=O) groups excluding carboxylic acids is 2. The van der Waals surface area contributed by atoms with Crippen molar-refractivity contribution >= 4 is 11.8 Å². The Morgan fingerprint density at radius 1 is 0.687 bits per heavy atom. The minimum Gasteiger partial charge on any atom is -0.508 e. The molecule has 3 aliphatic heterocycles. The van der Waals surface area contributed by atoms with E-state index in [9.17, 15) is 30.0 Å². The molecule has 20 atom stereocenters. The number of rotatable bonds is 13. The van der Waals surface area contributed by atoms with Crippen LogP contribution in [0.1, 0.15) is 116 Å². The third-order valence-corrected chi connectivity index (χ3v) is 17.5. The molecule has 0 radical (unpaired) electrons. The molecule has 3 saturated carbocycles. The summed E-state index contributed by atoms with van der Waals surface area (Å²) in [7, 11) is 6.60. The molecule has 1 aromatic carbocycles. The molecule has 17 nitrogen and oxygen atoms in total. The first-order chi connectivity index (χ1) is 31.7. The third-order valence-electron chi connectivity index (χ3n) is 17.5. The van der Waals surface area contributed by atoms with E-state index in [4.69, 9.17) is 52.1 Å². The van der Waals surface area contributed by atoms with E-state index in [1.54, 1.807) is 35.4 Å². The number of benzene rings is 1. The van der Waals surface area contributed by atoms with Crippen LogP contribution in [0.2, 0.25) is 0 Å². The molecule has 8 rings (SSSR count). The lowest BCUT2D eigenvalue weighted by Crippen LogP contribution is -2.78. The van der Waals surface area contributed by atoms with E-state index in [2.05, 4.69) is 6.92 Å². The van der Waals surface area contributed by atoms with Gasteiger partial charge in [0.25, 0.3) is 0 Å². The van der Waals surface area contributed by atoms with Crippen LogP contribution in [0.15, 0.2) is 35.9 Å². The predicted molar refractivity (Wildman–Crippen MR) is 238 cm³/mol. The first-order valence-electron chi connectivity index (χ1n) is 24.1. The summed E-state index contributed by atoms with van der Waals surface area (Å²) in [6, 6.07) is 5.60. The molecule has 4 N–H and O–H groups in total. The Morgan fingerprint density at radius 2 is 1.21 bits per heavy atom. The number of carbonyl (C=O) groups is 2. The van der Waals surface area contributed by atoms with Gasteiger partial charge in [-0.25, -0.2) is 4.79 Å². The second kappa shape index (κ2) is 19.2. The highest BCUT2D eigenvalue weighted by Gasteiger charge is 2.81. The molecular weight excluding hydrogens is 873 g/mol. The molecule has 0 aromatic heterocycles. The van der Waals surface area contributed by atoms with Gasteiger partial charge >= 0.3 is 5.97 Å². The second-order valence-electron chi connectivity index (χ2n) is 20.7.